The molecular weight excluding hydrogens is 185 g/mol. The zero-order valence-corrected chi connectivity index (χ0v) is 11.9. The molecule has 70 valence electrons. The molecule has 0 aromatic heterocycles. The van der Waals surface area contributed by atoms with Crippen molar-refractivity contribution in [2.75, 3.05) is 0 Å². The Balaban J connectivity index is -0.000000480. The van der Waals surface area contributed by atoms with Crippen LogP contribution < -0.4 is 5.19 Å². The Morgan fingerprint density at radius 2 is 1.54 bits per heavy atom. The number of hydrogen-bond donors (Lipinski definition) is 0. The molecule has 0 spiro atoms. The van der Waals surface area contributed by atoms with E-state index in [0.29, 0.717) is 0 Å². The molecule has 0 radical (unpaired) electrons. The summed E-state index contributed by atoms with van der Waals surface area (Å²) in [6.07, 6.45) is 0. The molecule has 0 aliphatic carbocycles. The SMILES string of the molecule is Cc1ccc([Si](C)(C)C)cc1C.[H-].[H-].[Mg+2]. The predicted octanol–water partition coefficient (Wildman–Crippen LogP) is 2.69. The van der Waals surface area contributed by atoms with Crippen LogP contribution in [0.2, 0.25) is 19.6 Å². The maximum Gasteiger partial charge on any atom is 2.00 e. The van der Waals surface area contributed by atoms with Crippen LogP contribution in [0.5, 0.6) is 0 Å². The third kappa shape index (κ3) is 3.45. The van der Waals surface area contributed by atoms with E-state index in [1.807, 2.05) is 0 Å². The van der Waals surface area contributed by atoms with Crippen LogP contribution in [0.1, 0.15) is 14.0 Å². The molecule has 1 aromatic rings. The van der Waals surface area contributed by atoms with Crippen LogP contribution in [0, 0.1) is 13.8 Å². The van der Waals surface area contributed by atoms with Gasteiger partial charge in [-0.3, -0.25) is 0 Å². The number of benzene rings is 1. The van der Waals surface area contributed by atoms with Gasteiger partial charge in [-0.05, 0) is 25.0 Å². The summed E-state index contributed by atoms with van der Waals surface area (Å²) in [4.78, 5) is 0. The molecule has 0 saturated carbocycles. The second-order valence-corrected chi connectivity index (χ2v) is 9.63. The van der Waals surface area contributed by atoms with Crippen LogP contribution in [-0.4, -0.2) is 31.1 Å². The summed E-state index contributed by atoms with van der Waals surface area (Å²) in [5, 5.41) is 1.56. The molecule has 1 aromatic carbocycles. The van der Waals surface area contributed by atoms with E-state index in [1.54, 1.807) is 5.19 Å². The topological polar surface area (TPSA) is 0 Å². The van der Waals surface area contributed by atoms with Crippen molar-refractivity contribution >= 4 is 36.3 Å². The van der Waals surface area contributed by atoms with Crippen LogP contribution in [0.15, 0.2) is 18.2 Å². The predicted molar refractivity (Wildman–Crippen MR) is 66.9 cm³/mol. The maximum atomic E-state index is 2.39. The van der Waals surface area contributed by atoms with E-state index in [9.17, 15) is 0 Å². The van der Waals surface area contributed by atoms with E-state index >= 15 is 0 Å². The fourth-order valence-electron chi connectivity index (χ4n) is 1.21. The van der Waals surface area contributed by atoms with E-state index in [0.717, 1.165) is 0 Å². The van der Waals surface area contributed by atoms with Crippen molar-refractivity contribution in [2.24, 2.45) is 0 Å². The van der Waals surface area contributed by atoms with Gasteiger partial charge in [-0.1, -0.05) is 43.0 Å². The molecule has 1 rings (SSSR count). The van der Waals surface area contributed by atoms with Crippen molar-refractivity contribution < 1.29 is 2.85 Å². The first-order valence-electron chi connectivity index (χ1n) is 4.49. The van der Waals surface area contributed by atoms with Crippen molar-refractivity contribution in [3.8, 4) is 0 Å². The molecule has 0 heterocycles. The third-order valence-electron chi connectivity index (χ3n) is 2.37. The molecular formula is C11H20MgSi. The zero-order chi connectivity index (χ0) is 9.35. The minimum absolute atomic E-state index is 0. The largest absolute Gasteiger partial charge is 2.00 e. The molecule has 0 nitrogen and oxygen atoms in total. The normalized spacial score (nSPS) is 10.8. The maximum absolute atomic E-state index is 2.39. The molecule has 0 aliphatic heterocycles. The van der Waals surface area contributed by atoms with Crippen LogP contribution >= 0.6 is 0 Å². The van der Waals surface area contributed by atoms with Gasteiger partial charge in [-0.2, -0.15) is 0 Å². The van der Waals surface area contributed by atoms with Crippen molar-refractivity contribution in [1.29, 1.82) is 0 Å². The third-order valence-corrected chi connectivity index (χ3v) is 4.42. The minimum Gasteiger partial charge on any atom is -1.00 e. The Labute approximate surface area is 102 Å². The van der Waals surface area contributed by atoms with E-state index in [-0.39, 0.29) is 25.9 Å². The second kappa shape index (κ2) is 4.62. The Hall–Kier alpha value is 0.203. The van der Waals surface area contributed by atoms with E-state index in [4.69, 9.17) is 0 Å². The summed E-state index contributed by atoms with van der Waals surface area (Å²) in [7, 11) is -1.09. The van der Waals surface area contributed by atoms with Gasteiger partial charge in [0.15, 0.2) is 0 Å². The average Bonchev–Trinajstić information content (AvgIpc) is 1.92. The smallest absolute Gasteiger partial charge is 1.00 e. The fraction of sp³-hybridized carbons (Fsp3) is 0.455. The fourth-order valence-corrected chi connectivity index (χ4v) is 2.44. The summed E-state index contributed by atoms with van der Waals surface area (Å²) in [5.74, 6) is 0. The van der Waals surface area contributed by atoms with Gasteiger partial charge in [0, 0.05) is 0 Å². The number of hydrogen-bond acceptors (Lipinski definition) is 0. The molecule has 0 bridgehead atoms. The van der Waals surface area contributed by atoms with Crippen LogP contribution in [-0.2, 0) is 0 Å². The Morgan fingerprint density at radius 1 is 1.00 bits per heavy atom. The van der Waals surface area contributed by atoms with Gasteiger partial charge in [0.2, 0.25) is 0 Å². The number of rotatable bonds is 1. The van der Waals surface area contributed by atoms with E-state index < -0.39 is 8.07 Å². The van der Waals surface area contributed by atoms with Gasteiger partial charge in [-0.25, -0.2) is 0 Å². The zero-order valence-electron chi connectivity index (χ0n) is 11.4. The van der Waals surface area contributed by atoms with Gasteiger partial charge in [0.25, 0.3) is 0 Å². The second-order valence-electron chi connectivity index (χ2n) is 4.55. The van der Waals surface area contributed by atoms with Crippen molar-refractivity contribution in [1.82, 2.24) is 0 Å². The van der Waals surface area contributed by atoms with Gasteiger partial charge in [0.1, 0.15) is 0 Å². The molecule has 0 fully saturated rings. The van der Waals surface area contributed by atoms with Crippen LogP contribution in [0.4, 0.5) is 0 Å². The van der Waals surface area contributed by atoms with Gasteiger partial charge in [-0.15, -0.1) is 0 Å². The molecule has 0 atom stereocenters. The molecule has 0 unspecified atom stereocenters. The van der Waals surface area contributed by atoms with Gasteiger partial charge in [0.05, 0.1) is 8.07 Å². The summed E-state index contributed by atoms with van der Waals surface area (Å²) < 4.78 is 0. The van der Waals surface area contributed by atoms with Crippen molar-refractivity contribution in [3.05, 3.63) is 29.3 Å². The van der Waals surface area contributed by atoms with Crippen molar-refractivity contribution in [2.45, 2.75) is 33.5 Å². The van der Waals surface area contributed by atoms with E-state index in [1.165, 1.54) is 11.1 Å². The van der Waals surface area contributed by atoms with Crippen LogP contribution in [0.3, 0.4) is 0 Å². The molecule has 0 aliphatic rings. The van der Waals surface area contributed by atoms with Gasteiger partial charge >= 0.3 is 23.1 Å². The van der Waals surface area contributed by atoms with E-state index in [2.05, 4.69) is 51.7 Å². The standard InChI is InChI=1S/C11H18Si.Mg.2H/c1-9-6-7-11(8-10(9)2)12(3,4)5;;;/h6-8H,1-5H3;;;/q;+2;2*-1. The average molecular weight is 205 g/mol. The minimum atomic E-state index is -1.09. The van der Waals surface area contributed by atoms with Gasteiger partial charge < -0.3 is 2.85 Å². The number of aryl methyl sites for hydroxylation is 2. The van der Waals surface area contributed by atoms with Crippen LogP contribution in [0.25, 0.3) is 0 Å². The Bertz CT molecular complexity index is 295. The Kier molecular flexibility index (Phi) is 4.69. The summed E-state index contributed by atoms with van der Waals surface area (Å²) in [6, 6.07) is 6.87. The first kappa shape index (κ1) is 13.2. The molecule has 0 saturated heterocycles. The molecule has 2 heteroatoms. The summed E-state index contributed by atoms with van der Waals surface area (Å²) in [6.45, 7) is 11.5. The van der Waals surface area contributed by atoms with Crippen molar-refractivity contribution in [3.63, 3.8) is 0 Å². The quantitative estimate of drug-likeness (QED) is 0.617. The summed E-state index contributed by atoms with van der Waals surface area (Å²) in [5.41, 5.74) is 2.83. The molecule has 13 heavy (non-hydrogen) atoms. The monoisotopic (exact) mass is 204 g/mol. The first-order chi connectivity index (χ1) is 5.41. The Morgan fingerprint density at radius 3 is 1.92 bits per heavy atom. The summed E-state index contributed by atoms with van der Waals surface area (Å²) >= 11 is 0. The first-order valence-corrected chi connectivity index (χ1v) is 7.99. The molecule has 0 N–H and O–H groups in total. The molecule has 0 amide bonds.